The predicted octanol–water partition coefficient (Wildman–Crippen LogP) is 4.36. The highest BCUT2D eigenvalue weighted by molar-refractivity contribution is 7.92. The van der Waals surface area contributed by atoms with Crippen molar-refractivity contribution in [1.29, 1.82) is 0 Å². The van der Waals surface area contributed by atoms with Gasteiger partial charge >= 0.3 is 0 Å². The molecule has 1 aromatic carbocycles. The molecule has 4 bridgehead atoms. The number of aliphatic imine (C=N–C) groups is 1. The summed E-state index contributed by atoms with van der Waals surface area (Å²) in [6, 6.07) is 5.64. The second-order valence-electron chi connectivity index (χ2n) is 11.1. The van der Waals surface area contributed by atoms with E-state index in [2.05, 4.69) is 18.6 Å². The fraction of sp³-hybridized carbons (Fsp3) is 0.667. The number of hydrogen-bond donors (Lipinski definition) is 1. The zero-order valence-corrected chi connectivity index (χ0v) is 19.0. The Balaban J connectivity index is 1.46. The van der Waals surface area contributed by atoms with Crippen molar-refractivity contribution in [3.63, 3.8) is 0 Å². The number of carbonyl (C=O) groups is 1. The van der Waals surface area contributed by atoms with Crippen molar-refractivity contribution in [3.8, 4) is 0 Å². The van der Waals surface area contributed by atoms with E-state index in [1.54, 1.807) is 6.07 Å². The Morgan fingerprint density at radius 3 is 2.27 bits per heavy atom. The quantitative estimate of drug-likeness (QED) is 0.757. The molecule has 1 heterocycles. The lowest BCUT2D eigenvalue weighted by atomic mass is 9.48. The lowest BCUT2D eigenvalue weighted by Gasteiger charge is -2.56. The number of anilines is 1. The van der Waals surface area contributed by atoms with Crippen LogP contribution in [0.1, 0.15) is 69.9 Å². The summed E-state index contributed by atoms with van der Waals surface area (Å²) in [7, 11) is -3.35. The van der Waals surface area contributed by atoms with Gasteiger partial charge in [0, 0.05) is 23.1 Å². The fourth-order valence-electron chi connectivity index (χ4n) is 7.13. The Morgan fingerprint density at radius 2 is 1.70 bits per heavy atom. The topological polar surface area (TPSA) is 75.6 Å². The van der Waals surface area contributed by atoms with Crippen molar-refractivity contribution in [2.45, 2.75) is 70.8 Å². The van der Waals surface area contributed by atoms with Gasteiger partial charge in [-0.15, -0.1) is 0 Å². The maximum atomic E-state index is 13.7. The highest BCUT2D eigenvalue weighted by atomic mass is 32.2. The molecule has 1 N–H and O–H groups in total. The molecule has 5 nitrogen and oxygen atoms in total. The largest absolute Gasteiger partial charge is 0.299 e. The molecule has 1 aromatic rings. The zero-order chi connectivity index (χ0) is 21.3. The summed E-state index contributed by atoms with van der Waals surface area (Å²) in [5.41, 5.74) is 3.05. The summed E-state index contributed by atoms with van der Waals surface area (Å²) < 4.78 is 26.0. The van der Waals surface area contributed by atoms with Gasteiger partial charge < -0.3 is 0 Å². The molecule has 30 heavy (non-hydrogen) atoms. The van der Waals surface area contributed by atoms with Crippen molar-refractivity contribution in [1.82, 2.24) is 0 Å². The molecule has 0 aromatic heterocycles. The van der Waals surface area contributed by atoms with Gasteiger partial charge in [-0.3, -0.25) is 14.5 Å². The molecule has 0 atom stereocenters. The van der Waals surface area contributed by atoms with Crippen molar-refractivity contribution >= 4 is 27.2 Å². The summed E-state index contributed by atoms with van der Waals surface area (Å²) in [6.07, 6.45) is 9.48. The van der Waals surface area contributed by atoms with E-state index in [1.165, 1.54) is 19.3 Å². The molecular weight excluding hydrogens is 396 g/mol. The molecular formula is C24H32N2O3S. The van der Waals surface area contributed by atoms with Gasteiger partial charge in [0.2, 0.25) is 10.0 Å². The van der Waals surface area contributed by atoms with Gasteiger partial charge in [0.1, 0.15) is 5.78 Å². The minimum atomic E-state index is -3.35. The highest BCUT2D eigenvalue weighted by Crippen LogP contribution is 2.60. The van der Waals surface area contributed by atoms with E-state index < -0.39 is 10.0 Å². The first-order valence-corrected chi connectivity index (χ1v) is 13.1. The number of ketones is 1. The third kappa shape index (κ3) is 3.72. The minimum Gasteiger partial charge on any atom is -0.299 e. The summed E-state index contributed by atoms with van der Waals surface area (Å²) >= 11 is 0. The maximum absolute atomic E-state index is 13.7. The van der Waals surface area contributed by atoms with Crippen LogP contribution in [0.2, 0.25) is 0 Å². The van der Waals surface area contributed by atoms with Crippen molar-refractivity contribution < 1.29 is 13.2 Å². The first-order valence-electron chi connectivity index (χ1n) is 11.2. The molecule has 6 heteroatoms. The Labute approximate surface area is 179 Å². The molecule has 1 aliphatic heterocycles. The average molecular weight is 429 g/mol. The summed E-state index contributed by atoms with van der Waals surface area (Å²) in [4.78, 5) is 18.7. The summed E-state index contributed by atoms with van der Waals surface area (Å²) in [6.45, 7) is 4.21. The van der Waals surface area contributed by atoms with E-state index in [1.807, 2.05) is 12.1 Å². The molecule has 0 radical (unpaired) electrons. The van der Waals surface area contributed by atoms with E-state index >= 15 is 0 Å². The van der Waals surface area contributed by atoms with Crippen molar-refractivity contribution in [2.75, 3.05) is 11.0 Å². The van der Waals surface area contributed by atoms with Gasteiger partial charge in [-0.05, 0) is 94.2 Å². The predicted molar refractivity (Wildman–Crippen MR) is 119 cm³/mol. The average Bonchev–Trinajstić information content (AvgIpc) is 2.59. The molecule has 0 unspecified atom stereocenters. The number of fused-ring (bicyclic) bond motifs is 1. The number of benzene rings is 1. The number of carbonyl (C=O) groups excluding carboxylic acids is 1. The number of Topliss-reactive ketones (excluding diaryl/α,β-unsaturated/α-hetero) is 1. The van der Waals surface area contributed by atoms with Crippen molar-refractivity contribution in [3.05, 3.63) is 29.3 Å². The molecule has 4 saturated carbocycles. The van der Waals surface area contributed by atoms with E-state index in [-0.39, 0.29) is 11.0 Å². The van der Waals surface area contributed by atoms with Gasteiger partial charge in [-0.25, -0.2) is 8.42 Å². The lowest BCUT2D eigenvalue weighted by molar-refractivity contribution is -0.142. The van der Waals surface area contributed by atoms with E-state index in [0.29, 0.717) is 17.9 Å². The lowest BCUT2D eigenvalue weighted by Crippen LogP contribution is -2.50. The van der Waals surface area contributed by atoms with Crippen LogP contribution in [-0.4, -0.2) is 31.7 Å². The number of nitrogens with zero attached hydrogens (tertiary/aromatic N) is 1. The smallest absolute Gasteiger partial charge is 0.229 e. The summed E-state index contributed by atoms with van der Waals surface area (Å²) in [5, 5.41) is 0. The molecule has 5 aliphatic rings. The van der Waals surface area contributed by atoms with Crippen LogP contribution >= 0.6 is 0 Å². The molecule has 0 amide bonds. The second kappa shape index (κ2) is 6.65. The SMILES string of the molecule is CC1(C)Cc2ccc(NS(C)(=O)=O)cc2C(CC(=O)C23CC4CC(CC(C4)C2)C3)=N1. The standard InChI is InChI=1S/C24H32N2O3S/c1-23(2)14-18-4-5-19(26-30(3,28)29)9-20(18)21(25-23)10-22(27)24-11-15-6-16(12-24)8-17(7-15)13-24/h4-5,9,15-17,26H,6-8,10-14H2,1-3H3. The monoisotopic (exact) mass is 428 g/mol. The van der Waals surface area contributed by atoms with Gasteiger partial charge in [0.25, 0.3) is 0 Å². The van der Waals surface area contributed by atoms with Crippen LogP contribution in [0.5, 0.6) is 0 Å². The third-order valence-electron chi connectivity index (χ3n) is 7.74. The fourth-order valence-corrected chi connectivity index (χ4v) is 7.69. The van der Waals surface area contributed by atoms with E-state index in [4.69, 9.17) is 4.99 Å². The number of hydrogen-bond acceptors (Lipinski definition) is 4. The zero-order valence-electron chi connectivity index (χ0n) is 18.2. The van der Waals surface area contributed by atoms with E-state index in [9.17, 15) is 13.2 Å². The molecule has 0 spiro atoms. The van der Waals surface area contributed by atoms with Crippen LogP contribution < -0.4 is 4.72 Å². The first-order chi connectivity index (χ1) is 14.0. The van der Waals surface area contributed by atoms with Crippen LogP contribution in [0.3, 0.4) is 0 Å². The Kier molecular flexibility index (Phi) is 4.48. The number of sulfonamides is 1. The third-order valence-corrected chi connectivity index (χ3v) is 8.35. The molecule has 4 aliphatic carbocycles. The van der Waals surface area contributed by atoms with Crippen LogP contribution in [0, 0.1) is 23.2 Å². The highest BCUT2D eigenvalue weighted by Gasteiger charge is 2.54. The van der Waals surface area contributed by atoms with Gasteiger partial charge in [0.15, 0.2) is 0 Å². The number of rotatable bonds is 5. The van der Waals surface area contributed by atoms with Crippen LogP contribution in [0.15, 0.2) is 23.2 Å². The van der Waals surface area contributed by atoms with Gasteiger partial charge in [0.05, 0.1) is 17.5 Å². The minimum absolute atomic E-state index is 0.137. The molecule has 6 rings (SSSR count). The molecule has 162 valence electrons. The maximum Gasteiger partial charge on any atom is 0.229 e. The molecule has 0 saturated heterocycles. The second-order valence-corrected chi connectivity index (χ2v) is 12.8. The molecule has 4 fully saturated rings. The van der Waals surface area contributed by atoms with E-state index in [0.717, 1.165) is 66.5 Å². The number of nitrogens with one attached hydrogen (secondary N) is 1. The van der Waals surface area contributed by atoms with Crippen LogP contribution in [0.4, 0.5) is 5.69 Å². The van der Waals surface area contributed by atoms with Crippen molar-refractivity contribution in [2.24, 2.45) is 28.2 Å². The van der Waals surface area contributed by atoms with Gasteiger partial charge in [-0.1, -0.05) is 6.07 Å². The normalized spacial score (nSPS) is 33.7. The first kappa shape index (κ1) is 20.2. The Morgan fingerprint density at radius 1 is 1.10 bits per heavy atom. The summed E-state index contributed by atoms with van der Waals surface area (Å²) in [5.74, 6) is 2.58. The van der Waals surface area contributed by atoms with Gasteiger partial charge in [-0.2, -0.15) is 0 Å². The Hall–Kier alpha value is -1.69. The van der Waals surface area contributed by atoms with Crippen LogP contribution in [0.25, 0.3) is 0 Å². The van der Waals surface area contributed by atoms with Crippen LogP contribution in [-0.2, 0) is 21.2 Å². The Bertz CT molecular complexity index is 1000.